The van der Waals surface area contributed by atoms with Gasteiger partial charge in [0.15, 0.2) is 0 Å². The van der Waals surface area contributed by atoms with Crippen LogP contribution in [-0.4, -0.2) is 66.8 Å². The maximum Gasteiger partial charge on any atom is 1.00 e. The zero-order chi connectivity index (χ0) is 34.5. The average Bonchev–Trinajstić information content (AvgIpc) is 3.51. The Kier molecular flexibility index (Phi) is 23.8. The van der Waals surface area contributed by atoms with Crippen LogP contribution in [0.1, 0.15) is 46.9 Å². The van der Waals surface area contributed by atoms with Crippen LogP contribution in [0.5, 0.6) is 0 Å². The predicted octanol–water partition coefficient (Wildman–Crippen LogP) is 1.90. The fourth-order valence-electron chi connectivity index (χ4n) is 3.30. The van der Waals surface area contributed by atoms with Crippen molar-refractivity contribution in [3.63, 3.8) is 0 Å². The van der Waals surface area contributed by atoms with E-state index >= 15 is 0 Å². The number of hydrogen-bond donors (Lipinski definition) is 4. The van der Waals surface area contributed by atoms with Gasteiger partial charge in [0.05, 0.1) is 47.8 Å². The minimum atomic E-state index is -3.11. The number of aromatic nitrogens is 2. The van der Waals surface area contributed by atoms with Crippen LogP contribution >= 0.6 is 0 Å². The normalized spacial score (nSPS) is 8.83. The first-order chi connectivity index (χ1) is 22.0. The Morgan fingerprint density at radius 3 is 1.58 bits per heavy atom. The van der Waals surface area contributed by atoms with Gasteiger partial charge in [-0.05, 0) is 55.5 Å². The average molecular weight is 691 g/mol. The molecule has 0 spiro atoms. The number of nitrogens with one attached hydrogen (secondary N) is 1. The van der Waals surface area contributed by atoms with Gasteiger partial charge in [-0.2, -0.15) is 0 Å². The van der Waals surface area contributed by atoms with Crippen molar-refractivity contribution in [3.8, 4) is 11.4 Å². The number of H-pyrrole nitrogens is 1. The van der Waals surface area contributed by atoms with Crippen molar-refractivity contribution >= 4 is 51.2 Å². The molecule has 5 rings (SSSR count). The second-order valence-corrected chi connectivity index (χ2v) is 8.96. The zero-order valence-electron chi connectivity index (χ0n) is 27.2. The maximum absolute atomic E-state index is 11.4. The van der Waals surface area contributed by atoms with Crippen LogP contribution in [0.25, 0.3) is 22.4 Å². The molecule has 0 aliphatic carbocycles. The van der Waals surface area contributed by atoms with Crippen molar-refractivity contribution in [1.82, 2.24) is 9.97 Å². The molecule has 0 bridgehead atoms. The van der Waals surface area contributed by atoms with Crippen LogP contribution in [0.3, 0.4) is 0 Å². The number of nitrogens with two attached hydrogens (primary N) is 2. The smallest absolute Gasteiger partial charge is 1.00 e. The standard InChI is InChI=1S/C15H12N2O2.C9H8O3.C6H8N2.C2H6O.CH4.Na.O3S.H/c1-19-15(18)11-8-6-10(7-9-11)14-16-12-4-2-3-5-13(12)17-14;1-12-9(11)8-4-2-7(6-10)3-5-8;7-5-3-1-2-4-6(5)8;1-2-3;;;1-4(2)3;/h2-9H,1H3,(H,16,17);2-6H,1H3;1-4H,7-8H2;3H,2H2,1H3;1H4;;;/q;;;;;+1;;-1. The van der Waals surface area contributed by atoms with Crippen LogP contribution in [0.15, 0.2) is 97.1 Å². The van der Waals surface area contributed by atoms with Crippen LogP contribution in [0.4, 0.5) is 11.4 Å². The van der Waals surface area contributed by atoms with Crippen LogP contribution in [-0.2, 0) is 20.1 Å². The number of ether oxygens (including phenoxy) is 2. The molecule has 13 nitrogen and oxygen atoms in total. The summed E-state index contributed by atoms with van der Waals surface area (Å²) in [5.74, 6) is 0.0567. The van der Waals surface area contributed by atoms with Gasteiger partial charge in [-0.1, -0.05) is 56.0 Å². The van der Waals surface area contributed by atoms with E-state index < -0.39 is 16.6 Å². The van der Waals surface area contributed by atoms with Gasteiger partial charge in [0.1, 0.15) is 12.1 Å². The predicted molar refractivity (Wildman–Crippen MR) is 182 cm³/mol. The first-order valence-electron chi connectivity index (χ1n) is 13.3. The molecule has 48 heavy (non-hydrogen) atoms. The number of rotatable bonds is 4. The molecule has 0 saturated heterocycles. The first-order valence-corrected chi connectivity index (χ1v) is 14.3. The molecule has 0 unspecified atom stereocenters. The number of carbonyl (C=O) groups is 3. The van der Waals surface area contributed by atoms with Crippen LogP contribution in [0.2, 0.25) is 0 Å². The molecular formula is C33H39N4NaO9S. The summed E-state index contributed by atoms with van der Waals surface area (Å²) in [7, 11) is -0.425. The zero-order valence-corrected chi connectivity index (χ0v) is 29.1. The number of aromatic amines is 1. The van der Waals surface area contributed by atoms with Gasteiger partial charge in [-0.25, -0.2) is 14.6 Å². The molecule has 252 valence electrons. The number of aldehydes is 1. The van der Waals surface area contributed by atoms with Crippen molar-refractivity contribution < 1.29 is 72.6 Å². The Bertz CT molecular complexity index is 1740. The summed E-state index contributed by atoms with van der Waals surface area (Å²) in [5, 5.41) is 7.57. The number of fused-ring (bicyclic) bond motifs is 1. The third kappa shape index (κ3) is 16.6. The fraction of sp³-hybridized carbons (Fsp3) is 0.152. The number of aliphatic hydroxyl groups excluding tert-OH is 1. The van der Waals surface area contributed by atoms with E-state index in [1.54, 1.807) is 55.5 Å². The molecule has 1 heterocycles. The summed E-state index contributed by atoms with van der Waals surface area (Å²) in [4.78, 5) is 40.3. The molecule has 0 fully saturated rings. The number of methoxy groups -OCH3 is 2. The quantitative estimate of drug-likeness (QED) is 0.0919. The van der Waals surface area contributed by atoms with Crippen molar-refractivity contribution in [3.05, 3.63) is 114 Å². The number of esters is 2. The molecular weight excluding hydrogens is 651 g/mol. The summed E-state index contributed by atoms with van der Waals surface area (Å²) in [6.07, 6.45) is 0.723. The van der Waals surface area contributed by atoms with Crippen molar-refractivity contribution in [2.75, 3.05) is 32.3 Å². The van der Waals surface area contributed by atoms with Crippen molar-refractivity contribution in [2.45, 2.75) is 14.4 Å². The molecule has 0 aliphatic rings. The van der Waals surface area contributed by atoms with Crippen LogP contribution < -0.4 is 41.0 Å². The number of nitrogen functional groups attached to an aromatic ring is 2. The number of benzene rings is 4. The topological polar surface area (TPSA) is 222 Å². The molecule has 1 aromatic heterocycles. The Balaban J connectivity index is -0.000000612. The third-order valence-electron chi connectivity index (χ3n) is 5.43. The number of carbonyl (C=O) groups excluding carboxylic acids is 3. The second-order valence-electron chi connectivity index (χ2n) is 8.55. The van der Waals surface area contributed by atoms with Gasteiger partial charge in [-0.3, -0.25) is 4.79 Å². The number of hydrogen-bond acceptors (Lipinski definition) is 12. The van der Waals surface area contributed by atoms with Crippen molar-refractivity contribution in [1.29, 1.82) is 0 Å². The third-order valence-corrected chi connectivity index (χ3v) is 5.43. The van der Waals surface area contributed by atoms with Gasteiger partial charge < -0.3 is 32.5 Å². The summed E-state index contributed by atoms with van der Waals surface area (Å²) >= 11 is 0. The molecule has 4 aromatic carbocycles. The number of imidazole rings is 1. The molecule has 6 N–H and O–H groups in total. The fourth-order valence-corrected chi connectivity index (χ4v) is 3.30. The Morgan fingerprint density at radius 2 is 1.21 bits per heavy atom. The van der Waals surface area contributed by atoms with E-state index in [1.807, 2.05) is 48.5 Å². The summed E-state index contributed by atoms with van der Waals surface area (Å²) in [5.41, 5.74) is 16.5. The molecule has 0 radical (unpaired) electrons. The maximum atomic E-state index is 11.4. The van der Waals surface area contributed by atoms with E-state index in [4.69, 9.17) is 29.2 Å². The number of aliphatic hydroxyl groups is 1. The Morgan fingerprint density at radius 1 is 0.812 bits per heavy atom. The van der Waals surface area contributed by atoms with Crippen molar-refractivity contribution in [2.24, 2.45) is 0 Å². The number of anilines is 2. The molecule has 5 aromatic rings. The van der Waals surface area contributed by atoms with Crippen LogP contribution in [0, 0.1) is 0 Å². The Hall–Kier alpha value is -4.86. The molecule has 0 atom stereocenters. The first kappa shape index (κ1) is 45.3. The van der Waals surface area contributed by atoms with Gasteiger partial charge in [0, 0.05) is 17.7 Å². The van der Waals surface area contributed by atoms with E-state index in [-0.39, 0.29) is 51.0 Å². The number of nitrogens with zero attached hydrogens (tertiary/aromatic N) is 1. The minimum absolute atomic E-state index is 0. The molecule has 0 aliphatic heterocycles. The van der Waals surface area contributed by atoms with Gasteiger partial charge >= 0.3 is 52.1 Å². The van der Waals surface area contributed by atoms with E-state index in [2.05, 4.69) is 19.4 Å². The largest absolute Gasteiger partial charge is 1.00 e. The minimum Gasteiger partial charge on any atom is -1.00 e. The van der Waals surface area contributed by atoms with Gasteiger partial charge in [-0.15, -0.1) is 12.6 Å². The molecule has 0 amide bonds. The van der Waals surface area contributed by atoms with E-state index in [0.717, 1.165) is 28.7 Å². The molecule has 0 saturated carbocycles. The van der Waals surface area contributed by atoms with Gasteiger partial charge in [0.25, 0.3) is 0 Å². The second kappa shape index (κ2) is 25.3. The Labute approximate surface area is 304 Å². The monoisotopic (exact) mass is 690 g/mol. The number of para-hydroxylation sites is 4. The summed E-state index contributed by atoms with van der Waals surface area (Å²) < 4.78 is 34.5. The van der Waals surface area contributed by atoms with E-state index in [1.165, 1.54) is 14.2 Å². The SMILES string of the molecule is C.CCO.COC(=O)c1ccc(-c2nc3ccccc3[nH]2)cc1.COC(=O)c1ccc(C=O)cc1.Nc1ccccc1N.O=S(=O)=O.[H-].[Na+]. The summed E-state index contributed by atoms with van der Waals surface area (Å²) in [6, 6.07) is 28.5. The summed E-state index contributed by atoms with van der Waals surface area (Å²) in [6.45, 7) is 1.93. The van der Waals surface area contributed by atoms with E-state index in [9.17, 15) is 14.4 Å². The molecule has 15 heteroatoms. The van der Waals surface area contributed by atoms with E-state index in [0.29, 0.717) is 28.1 Å². The van der Waals surface area contributed by atoms with Gasteiger partial charge in [0.2, 0.25) is 0 Å².